The molecule has 0 unspecified atom stereocenters. The summed E-state index contributed by atoms with van der Waals surface area (Å²) >= 11 is 3.44. The number of aromatic nitrogens is 3. The molecule has 1 heterocycles. The summed E-state index contributed by atoms with van der Waals surface area (Å²) in [5.41, 5.74) is 1.01. The van der Waals surface area contributed by atoms with Crippen LogP contribution in [0.25, 0.3) is 11.4 Å². The van der Waals surface area contributed by atoms with E-state index in [1.807, 2.05) is 35.8 Å². The van der Waals surface area contributed by atoms with Crippen molar-refractivity contribution in [2.24, 2.45) is 0 Å². The molecular weight excluding hydrogens is 377 g/mol. The second kappa shape index (κ2) is 6.38. The Kier molecular flexibility index (Phi) is 4.81. The van der Waals surface area contributed by atoms with E-state index in [4.69, 9.17) is 5.11 Å². The van der Waals surface area contributed by atoms with Crippen LogP contribution in [0.5, 0.6) is 0 Å². The molecule has 2 rings (SSSR count). The third-order valence-electron chi connectivity index (χ3n) is 2.47. The maximum atomic E-state index is 10.6. The van der Waals surface area contributed by atoms with Gasteiger partial charge in [-0.2, -0.15) is 0 Å². The molecule has 2 aromatic rings. The molecule has 0 radical (unpaired) electrons. The number of thioether (sulfide) groups is 1. The lowest BCUT2D eigenvalue weighted by atomic mass is 10.2. The highest BCUT2D eigenvalue weighted by atomic mass is 127. The van der Waals surface area contributed by atoms with Crippen molar-refractivity contribution in [2.75, 3.05) is 5.75 Å². The standard InChI is InChI=1S/C12H12IN3O2S/c1-2-16-11(8-5-3-4-6-9(8)13)14-15-12(16)19-7-10(17)18/h3-6H,2,7H2,1H3,(H,17,18). The molecule has 100 valence electrons. The molecule has 1 aromatic carbocycles. The molecule has 0 aliphatic rings. The Bertz CT molecular complexity index is 600. The molecule has 0 bridgehead atoms. The molecule has 0 fully saturated rings. The van der Waals surface area contributed by atoms with Gasteiger partial charge in [-0.05, 0) is 35.6 Å². The van der Waals surface area contributed by atoms with Gasteiger partial charge in [0.25, 0.3) is 0 Å². The van der Waals surface area contributed by atoms with Gasteiger partial charge in [0.15, 0.2) is 11.0 Å². The zero-order valence-corrected chi connectivity index (χ0v) is 13.2. The van der Waals surface area contributed by atoms with Gasteiger partial charge in [0.2, 0.25) is 0 Å². The maximum Gasteiger partial charge on any atom is 0.313 e. The van der Waals surface area contributed by atoms with Crippen molar-refractivity contribution in [2.45, 2.75) is 18.6 Å². The number of nitrogens with zero attached hydrogens (tertiary/aromatic N) is 3. The van der Waals surface area contributed by atoms with Crippen LogP contribution >= 0.6 is 34.4 Å². The predicted molar refractivity (Wildman–Crippen MR) is 82.2 cm³/mol. The van der Waals surface area contributed by atoms with Crippen molar-refractivity contribution < 1.29 is 9.90 Å². The Morgan fingerprint density at radius 1 is 1.42 bits per heavy atom. The summed E-state index contributed by atoms with van der Waals surface area (Å²) in [5, 5.41) is 17.6. The van der Waals surface area contributed by atoms with Crippen molar-refractivity contribution in [3.8, 4) is 11.4 Å². The number of hydrogen-bond donors (Lipinski definition) is 1. The summed E-state index contributed by atoms with van der Waals surface area (Å²) in [5.74, 6) is -0.0869. The molecule has 0 spiro atoms. The van der Waals surface area contributed by atoms with Gasteiger partial charge in [-0.3, -0.25) is 4.79 Å². The predicted octanol–water partition coefficient (Wildman–Crippen LogP) is 2.75. The molecule has 0 saturated carbocycles. The summed E-state index contributed by atoms with van der Waals surface area (Å²) in [6.45, 7) is 2.70. The number of aliphatic carboxylic acids is 1. The Balaban J connectivity index is 2.37. The quantitative estimate of drug-likeness (QED) is 0.629. The third kappa shape index (κ3) is 3.27. The lowest BCUT2D eigenvalue weighted by Crippen LogP contribution is -2.03. The highest BCUT2D eigenvalue weighted by molar-refractivity contribution is 14.1. The van der Waals surface area contributed by atoms with E-state index in [0.717, 1.165) is 15.0 Å². The van der Waals surface area contributed by atoms with Crippen LogP contribution in [-0.4, -0.2) is 31.6 Å². The summed E-state index contributed by atoms with van der Waals surface area (Å²) < 4.78 is 3.03. The molecular formula is C12H12IN3O2S. The van der Waals surface area contributed by atoms with Crippen molar-refractivity contribution in [3.05, 3.63) is 27.8 Å². The zero-order chi connectivity index (χ0) is 13.8. The number of hydrogen-bond acceptors (Lipinski definition) is 4. The Labute approximate surface area is 128 Å². The van der Waals surface area contributed by atoms with Gasteiger partial charge < -0.3 is 9.67 Å². The van der Waals surface area contributed by atoms with Crippen LogP contribution in [-0.2, 0) is 11.3 Å². The van der Waals surface area contributed by atoms with Gasteiger partial charge in [-0.15, -0.1) is 10.2 Å². The van der Waals surface area contributed by atoms with E-state index in [2.05, 4.69) is 32.8 Å². The number of carboxylic acids is 1. The van der Waals surface area contributed by atoms with E-state index >= 15 is 0 Å². The van der Waals surface area contributed by atoms with Crippen LogP contribution in [0.1, 0.15) is 6.92 Å². The maximum absolute atomic E-state index is 10.6. The molecule has 5 nitrogen and oxygen atoms in total. The fraction of sp³-hybridized carbons (Fsp3) is 0.250. The Morgan fingerprint density at radius 3 is 2.79 bits per heavy atom. The van der Waals surface area contributed by atoms with E-state index in [-0.39, 0.29) is 5.75 Å². The number of halogens is 1. The molecule has 0 amide bonds. The van der Waals surface area contributed by atoms with E-state index in [1.54, 1.807) is 0 Å². The van der Waals surface area contributed by atoms with Gasteiger partial charge in [-0.25, -0.2) is 0 Å². The molecule has 1 aromatic heterocycles. The molecule has 0 aliphatic carbocycles. The van der Waals surface area contributed by atoms with E-state index in [1.165, 1.54) is 11.8 Å². The summed E-state index contributed by atoms with van der Waals surface area (Å²) in [4.78, 5) is 10.6. The van der Waals surface area contributed by atoms with E-state index in [0.29, 0.717) is 11.7 Å². The van der Waals surface area contributed by atoms with Crippen LogP contribution in [0.15, 0.2) is 29.4 Å². The van der Waals surface area contributed by atoms with Crippen molar-refractivity contribution in [3.63, 3.8) is 0 Å². The summed E-state index contributed by atoms with van der Waals surface area (Å²) in [7, 11) is 0. The fourth-order valence-corrected chi connectivity index (χ4v) is 3.00. The minimum Gasteiger partial charge on any atom is -0.481 e. The van der Waals surface area contributed by atoms with Crippen LogP contribution in [0.2, 0.25) is 0 Å². The van der Waals surface area contributed by atoms with Gasteiger partial charge in [-0.1, -0.05) is 30.0 Å². The first-order chi connectivity index (χ1) is 9.13. The fourth-order valence-electron chi connectivity index (χ4n) is 1.65. The van der Waals surface area contributed by atoms with Crippen molar-refractivity contribution in [1.82, 2.24) is 14.8 Å². The van der Waals surface area contributed by atoms with Gasteiger partial charge in [0.05, 0.1) is 5.75 Å². The highest BCUT2D eigenvalue weighted by Gasteiger charge is 2.15. The normalized spacial score (nSPS) is 10.6. The Hall–Kier alpha value is -1.09. The average molecular weight is 389 g/mol. The van der Waals surface area contributed by atoms with Gasteiger partial charge in [0, 0.05) is 15.7 Å². The first kappa shape index (κ1) is 14.3. The van der Waals surface area contributed by atoms with Crippen LogP contribution in [0.4, 0.5) is 0 Å². The van der Waals surface area contributed by atoms with Gasteiger partial charge >= 0.3 is 5.97 Å². The third-order valence-corrected chi connectivity index (χ3v) is 4.36. The molecule has 19 heavy (non-hydrogen) atoms. The van der Waals surface area contributed by atoms with Gasteiger partial charge in [0.1, 0.15) is 0 Å². The van der Waals surface area contributed by atoms with Crippen LogP contribution < -0.4 is 0 Å². The lowest BCUT2D eigenvalue weighted by molar-refractivity contribution is -0.133. The van der Waals surface area contributed by atoms with Crippen molar-refractivity contribution in [1.29, 1.82) is 0 Å². The minimum atomic E-state index is -0.855. The smallest absolute Gasteiger partial charge is 0.313 e. The topological polar surface area (TPSA) is 68.0 Å². The van der Waals surface area contributed by atoms with E-state index in [9.17, 15) is 4.79 Å². The summed E-state index contributed by atoms with van der Waals surface area (Å²) in [6.07, 6.45) is 0. The number of rotatable bonds is 5. The van der Waals surface area contributed by atoms with Crippen LogP contribution in [0.3, 0.4) is 0 Å². The number of carbonyl (C=O) groups is 1. The Morgan fingerprint density at radius 2 is 2.16 bits per heavy atom. The van der Waals surface area contributed by atoms with E-state index < -0.39 is 5.97 Å². The second-order valence-electron chi connectivity index (χ2n) is 3.71. The second-order valence-corrected chi connectivity index (χ2v) is 5.82. The SMILES string of the molecule is CCn1c(SCC(=O)O)nnc1-c1ccccc1I. The molecule has 1 N–H and O–H groups in total. The zero-order valence-electron chi connectivity index (χ0n) is 10.2. The lowest BCUT2D eigenvalue weighted by Gasteiger charge is -2.07. The number of benzene rings is 1. The summed E-state index contributed by atoms with van der Waals surface area (Å²) in [6, 6.07) is 7.92. The molecule has 0 aliphatic heterocycles. The van der Waals surface area contributed by atoms with Crippen LogP contribution in [0, 0.1) is 3.57 Å². The molecule has 0 atom stereocenters. The largest absolute Gasteiger partial charge is 0.481 e. The van der Waals surface area contributed by atoms with Crippen molar-refractivity contribution >= 4 is 40.3 Å². The molecule has 7 heteroatoms. The first-order valence-corrected chi connectivity index (χ1v) is 7.72. The highest BCUT2D eigenvalue weighted by Crippen LogP contribution is 2.27. The monoisotopic (exact) mass is 389 g/mol. The average Bonchev–Trinajstić information content (AvgIpc) is 2.79. The number of carboxylic acid groups (broad SMARTS) is 1. The minimum absolute atomic E-state index is 0.00991. The first-order valence-electron chi connectivity index (χ1n) is 5.66. The molecule has 0 saturated heterocycles.